The second-order valence-electron chi connectivity index (χ2n) is 6.42. The predicted octanol–water partition coefficient (Wildman–Crippen LogP) is 1.87. The van der Waals surface area contributed by atoms with E-state index in [4.69, 9.17) is 4.74 Å². The van der Waals surface area contributed by atoms with Gasteiger partial charge in [0, 0.05) is 19.2 Å². The Hall–Kier alpha value is -0.320. The van der Waals surface area contributed by atoms with Crippen molar-refractivity contribution >= 4 is 18.3 Å². The number of fused-ring (bicyclic) bond motifs is 1. The molecule has 0 aromatic rings. The summed E-state index contributed by atoms with van der Waals surface area (Å²) >= 11 is 0. The van der Waals surface area contributed by atoms with Crippen LogP contribution in [0.15, 0.2) is 0 Å². The first-order valence-electron chi connectivity index (χ1n) is 7.94. The minimum absolute atomic E-state index is 0. The van der Waals surface area contributed by atoms with Crippen LogP contribution in [0, 0.1) is 11.8 Å². The molecule has 2 N–H and O–H groups in total. The molecule has 0 aromatic heterocycles. The van der Waals surface area contributed by atoms with Crippen molar-refractivity contribution in [3.05, 3.63) is 0 Å². The maximum absolute atomic E-state index is 12.1. The van der Waals surface area contributed by atoms with E-state index in [9.17, 15) is 4.79 Å². The number of carbonyl (C=O) groups is 1. The molecule has 2 saturated carbocycles. The highest BCUT2D eigenvalue weighted by molar-refractivity contribution is 5.85. The molecule has 3 atom stereocenters. The summed E-state index contributed by atoms with van der Waals surface area (Å²) in [7, 11) is 0. The van der Waals surface area contributed by atoms with Gasteiger partial charge in [-0.25, -0.2) is 0 Å². The zero-order valence-corrected chi connectivity index (χ0v) is 12.9. The Morgan fingerprint density at radius 3 is 2.75 bits per heavy atom. The average molecular weight is 303 g/mol. The molecule has 1 aliphatic heterocycles. The Labute approximate surface area is 127 Å². The van der Waals surface area contributed by atoms with Gasteiger partial charge in [0.15, 0.2) is 0 Å². The number of rotatable bonds is 6. The topological polar surface area (TPSA) is 50.4 Å². The van der Waals surface area contributed by atoms with Crippen LogP contribution in [0.4, 0.5) is 0 Å². The lowest BCUT2D eigenvalue weighted by molar-refractivity contribution is -0.123. The Morgan fingerprint density at radius 2 is 2.00 bits per heavy atom. The van der Waals surface area contributed by atoms with Crippen LogP contribution in [0.25, 0.3) is 0 Å². The number of hydrogen-bond donors (Lipinski definition) is 2. The molecule has 20 heavy (non-hydrogen) atoms. The molecular weight excluding hydrogens is 276 g/mol. The van der Waals surface area contributed by atoms with Crippen molar-refractivity contribution in [1.82, 2.24) is 10.6 Å². The maximum atomic E-state index is 12.1. The Morgan fingerprint density at radius 1 is 1.20 bits per heavy atom. The smallest absolute Gasteiger partial charge is 0.237 e. The van der Waals surface area contributed by atoms with E-state index < -0.39 is 0 Å². The molecule has 0 radical (unpaired) electrons. The summed E-state index contributed by atoms with van der Waals surface area (Å²) in [4.78, 5) is 12.1. The van der Waals surface area contributed by atoms with Gasteiger partial charge in [-0.3, -0.25) is 4.79 Å². The van der Waals surface area contributed by atoms with E-state index in [1.807, 2.05) is 0 Å². The van der Waals surface area contributed by atoms with Crippen LogP contribution in [0.5, 0.6) is 0 Å². The van der Waals surface area contributed by atoms with Gasteiger partial charge in [0.05, 0.1) is 12.6 Å². The molecule has 3 fully saturated rings. The van der Waals surface area contributed by atoms with Gasteiger partial charge in [-0.15, -0.1) is 12.4 Å². The van der Waals surface area contributed by atoms with E-state index in [0.717, 1.165) is 24.9 Å². The number of halogens is 1. The zero-order valence-electron chi connectivity index (χ0n) is 12.1. The Balaban J connectivity index is 0.00000147. The van der Waals surface area contributed by atoms with Crippen molar-refractivity contribution in [3.63, 3.8) is 0 Å². The lowest BCUT2D eigenvalue weighted by Gasteiger charge is -2.24. The van der Waals surface area contributed by atoms with Crippen molar-refractivity contribution in [3.8, 4) is 0 Å². The lowest BCUT2D eigenvalue weighted by atomic mass is 9.85. The van der Waals surface area contributed by atoms with Crippen molar-refractivity contribution in [2.45, 2.75) is 57.0 Å². The second kappa shape index (κ2) is 7.62. The normalized spacial score (nSPS) is 32.3. The molecule has 3 unspecified atom stereocenters. The van der Waals surface area contributed by atoms with Crippen molar-refractivity contribution in [2.24, 2.45) is 11.8 Å². The summed E-state index contributed by atoms with van der Waals surface area (Å²) in [6, 6.07) is 0.632. The molecule has 5 heteroatoms. The summed E-state index contributed by atoms with van der Waals surface area (Å²) in [5.74, 6) is 1.70. The highest BCUT2D eigenvalue weighted by atomic mass is 35.5. The van der Waals surface area contributed by atoms with Crippen molar-refractivity contribution in [2.75, 3.05) is 19.8 Å². The first kappa shape index (κ1) is 16.1. The molecule has 3 aliphatic rings. The van der Waals surface area contributed by atoms with E-state index in [-0.39, 0.29) is 24.4 Å². The van der Waals surface area contributed by atoms with E-state index in [0.29, 0.717) is 19.2 Å². The fraction of sp³-hybridized carbons (Fsp3) is 0.933. The van der Waals surface area contributed by atoms with E-state index in [1.54, 1.807) is 0 Å². The molecule has 1 saturated heterocycles. The highest BCUT2D eigenvalue weighted by Crippen LogP contribution is 2.33. The number of hydrogen-bond acceptors (Lipinski definition) is 3. The third-order valence-electron chi connectivity index (χ3n) is 4.78. The Kier molecular flexibility index (Phi) is 6.12. The van der Waals surface area contributed by atoms with Crippen LogP contribution in [0.3, 0.4) is 0 Å². The van der Waals surface area contributed by atoms with E-state index >= 15 is 0 Å². The molecule has 3 rings (SSSR count). The maximum Gasteiger partial charge on any atom is 0.237 e. The Bertz CT molecular complexity index is 309. The quantitative estimate of drug-likeness (QED) is 0.737. The van der Waals surface area contributed by atoms with Gasteiger partial charge in [0.1, 0.15) is 0 Å². The third-order valence-corrected chi connectivity index (χ3v) is 4.78. The number of amides is 1. The summed E-state index contributed by atoms with van der Waals surface area (Å²) < 4.78 is 5.53. The molecule has 2 aliphatic carbocycles. The number of ether oxygens (including phenoxy) is 1. The minimum atomic E-state index is 0. The summed E-state index contributed by atoms with van der Waals surface area (Å²) in [5, 5.41) is 6.51. The summed E-state index contributed by atoms with van der Waals surface area (Å²) in [5.41, 5.74) is 0. The van der Waals surface area contributed by atoms with Crippen LogP contribution >= 0.6 is 12.4 Å². The summed E-state index contributed by atoms with van der Waals surface area (Å²) in [6.45, 7) is 2.18. The molecule has 0 bridgehead atoms. The highest BCUT2D eigenvalue weighted by Gasteiger charge is 2.37. The van der Waals surface area contributed by atoms with Gasteiger partial charge in [-0.05, 0) is 43.9 Å². The van der Waals surface area contributed by atoms with Gasteiger partial charge >= 0.3 is 0 Å². The SMILES string of the molecule is Cl.O=C(NCCOCC1CC1)C1CC2CCCCC2N1. The zero-order chi connectivity index (χ0) is 13.1. The minimum Gasteiger partial charge on any atom is -0.379 e. The standard InChI is InChI=1S/C15H26N2O2.ClH/c18-15(16-7-8-19-10-11-5-6-11)14-9-12-3-1-2-4-13(12)17-14;/h11-14,17H,1-10H2,(H,16,18);1H. The lowest BCUT2D eigenvalue weighted by Crippen LogP contribution is -2.44. The molecular formula is C15H27ClN2O2. The fourth-order valence-electron chi connectivity index (χ4n) is 3.43. The van der Waals surface area contributed by atoms with Gasteiger partial charge in [-0.1, -0.05) is 12.8 Å². The second-order valence-corrected chi connectivity index (χ2v) is 6.42. The molecule has 4 nitrogen and oxygen atoms in total. The third kappa shape index (κ3) is 4.34. The van der Waals surface area contributed by atoms with Crippen molar-refractivity contribution in [1.29, 1.82) is 0 Å². The number of carbonyl (C=O) groups excluding carboxylic acids is 1. The van der Waals surface area contributed by atoms with Crippen LogP contribution in [-0.2, 0) is 9.53 Å². The number of nitrogens with one attached hydrogen (secondary N) is 2. The first-order chi connectivity index (χ1) is 9.33. The van der Waals surface area contributed by atoms with Gasteiger partial charge in [0.2, 0.25) is 5.91 Å². The summed E-state index contributed by atoms with van der Waals surface area (Å²) in [6.07, 6.45) is 8.87. The molecule has 0 spiro atoms. The predicted molar refractivity (Wildman–Crippen MR) is 81.1 cm³/mol. The van der Waals surface area contributed by atoms with Gasteiger partial charge < -0.3 is 15.4 Å². The fourth-order valence-corrected chi connectivity index (χ4v) is 3.43. The van der Waals surface area contributed by atoms with E-state index in [1.165, 1.54) is 38.5 Å². The van der Waals surface area contributed by atoms with Crippen molar-refractivity contribution < 1.29 is 9.53 Å². The van der Waals surface area contributed by atoms with Crippen LogP contribution in [-0.4, -0.2) is 37.7 Å². The van der Waals surface area contributed by atoms with Crippen LogP contribution in [0.2, 0.25) is 0 Å². The molecule has 116 valence electrons. The first-order valence-corrected chi connectivity index (χ1v) is 7.94. The monoisotopic (exact) mass is 302 g/mol. The molecule has 0 aromatic carbocycles. The van der Waals surface area contributed by atoms with Crippen LogP contribution in [0.1, 0.15) is 44.9 Å². The average Bonchev–Trinajstić information content (AvgIpc) is 3.14. The van der Waals surface area contributed by atoms with Gasteiger partial charge in [-0.2, -0.15) is 0 Å². The molecule has 1 heterocycles. The molecule has 1 amide bonds. The van der Waals surface area contributed by atoms with E-state index in [2.05, 4.69) is 10.6 Å². The largest absolute Gasteiger partial charge is 0.379 e. The van der Waals surface area contributed by atoms with Crippen LogP contribution < -0.4 is 10.6 Å². The van der Waals surface area contributed by atoms with Gasteiger partial charge in [0.25, 0.3) is 0 Å².